The Labute approximate surface area is 96.1 Å². The van der Waals surface area contributed by atoms with Crippen molar-refractivity contribution in [1.29, 1.82) is 0 Å². The molecule has 2 rings (SSSR count). The first kappa shape index (κ1) is 11.2. The van der Waals surface area contributed by atoms with Gasteiger partial charge in [-0.15, -0.1) is 0 Å². The summed E-state index contributed by atoms with van der Waals surface area (Å²) in [6, 6.07) is 8.33. The normalized spacial score (nSPS) is 10.0. The highest BCUT2D eigenvalue weighted by atomic mass is 19.2. The molecule has 0 atom stereocenters. The third kappa shape index (κ3) is 2.44. The van der Waals surface area contributed by atoms with Gasteiger partial charge in [0.25, 0.3) is 5.91 Å². The van der Waals surface area contributed by atoms with Crippen molar-refractivity contribution in [2.24, 2.45) is 0 Å². The SMILES string of the molecule is O=C(Nc1ccccn1)c1cccc(F)c1F. The maximum atomic E-state index is 13.3. The molecule has 1 heterocycles. The molecule has 0 aliphatic rings. The summed E-state index contributed by atoms with van der Waals surface area (Å²) < 4.78 is 26.2. The minimum atomic E-state index is -1.17. The van der Waals surface area contributed by atoms with Gasteiger partial charge in [0.15, 0.2) is 11.6 Å². The van der Waals surface area contributed by atoms with Gasteiger partial charge >= 0.3 is 0 Å². The summed E-state index contributed by atoms with van der Waals surface area (Å²) in [4.78, 5) is 15.5. The lowest BCUT2D eigenvalue weighted by Gasteiger charge is -2.05. The van der Waals surface area contributed by atoms with Gasteiger partial charge in [-0.3, -0.25) is 4.79 Å². The van der Waals surface area contributed by atoms with Crippen LogP contribution in [-0.2, 0) is 0 Å². The Hall–Kier alpha value is -2.30. The van der Waals surface area contributed by atoms with E-state index in [1.54, 1.807) is 18.2 Å². The molecule has 0 saturated carbocycles. The predicted molar refractivity (Wildman–Crippen MR) is 58.5 cm³/mol. The van der Waals surface area contributed by atoms with Crippen molar-refractivity contribution in [3.05, 3.63) is 59.8 Å². The van der Waals surface area contributed by atoms with Crippen LogP contribution in [-0.4, -0.2) is 10.9 Å². The highest BCUT2D eigenvalue weighted by Gasteiger charge is 2.15. The quantitative estimate of drug-likeness (QED) is 0.867. The number of pyridine rings is 1. The van der Waals surface area contributed by atoms with Crippen molar-refractivity contribution < 1.29 is 13.6 Å². The van der Waals surface area contributed by atoms with Crippen LogP contribution in [0.25, 0.3) is 0 Å². The zero-order chi connectivity index (χ0) is 12.3. The summed E-state index contributed by atoms with van der Waals surface area (Å²) in [5, 5.41) is 2.37. The molecule has 17 heavy (non-hydrogen) atoms. The topological polar surface area (TPSA) is 42.0 Å². The molecular weight excluding hydrogens is 226 g/mol. The van der Waals surface area contributed by atoms with E-state index in [4.69, 9.17) is 0 Å². The molecule has 0 radical (unpaired) electrons. The lowest BCUT2D eigenvalue weighted by molar-refractivity contribution is 0.102. The number of hydrogen-bond donors (Lipinski definition) is 1. The molecule has 86 valence electrons. The van der Waals surface area contributed by atoms with Crippen LogP contribution in [0.1, 0.15) is 10.4 Å². The van der Waals surface area contributed by atoms with Crippen molar-refractivity contribution in [3.63, 3.8) is 0 Å². The molecule has 0 fully saturated rings. The number of carbonyl (C=O) groups excluding carboxylic acids is 1. The first-order valence-electron chi connectivity index (χ1n) is 4.85. The van der Waals surface area contributed by atoms with Crippen LogP contribution in [0.15, 0.2) is 42.6 Å². The van der Waals surface area contributed by atoms with Crippen LogP contribution in [0, 0.1) is 11.6 Å². The fourth-order valence-corrected chi connectivity index (χ4v) is 1.30. The Morgan fingerprint density at radius 1 is 1.12 bits per heavy atom. The first-order chi connectivity index (χ1) is 8.18. The van der Waals surface area contributed by atoms with E-state index in [2.05, 4.69) is 10.3 Å². The van der Waals surface area contributed by atoms with Gasteiger partial charge in [0.2, 0.25) is 0 Å². The standard InChI is InChI=1S/C12H8F2N2O/c13-9-5-3-4-8(11(9)14)12(17)16-10-6-1-2-7-15-10/h1-7H,(H,15,16,17). The van der Waals surface area contributed by atoms with E-state index in [1.807, 2.05) is 0 Å². The monoisotopic (exact) mass is 234 g/mol. The summed E-state index contributed by atoms with van der Waals surface area (Å²) in [5.74, 6) is -2.68. The molecule has 0 aliphatic heterocycles. The van der Waals surface area contributed by atoms with Crippen LogP contribution < -0.4 is 5.32 Å². The third-order valence-electron chi connectivity index (χ3n) is 2.10. The van der Waals surface area contributed by atoms with Crippen molar-refractivity contribution in [3.8, 4) is 0 Å². The van der Waals surface area contributed by atoms with Crippen molar-refractivity contribution >= 4 is 11.7 Å². The first-order valence-corrected chi connectivity index (χ1v) is 4.85. The molecule has 0 saturated heterocycles. The lowest BCUT2D eigenvalue weighted by Crippen LogP contribution is -2.15. The number of nitrogens with zero attached hydrogens (tertiary/aromatic N) is 1. The number of aromatic nitrogens is 1. The van der Waals surface area contributed by atoms with Crippen LogP contribution in [0.5, 0.6) is 0 Å². The van der Waals surface area contributed by atoms with Crippen LogP contribution in [0.3, 0.4) is 0 Å². The molecule has 1 aromatic heterocycles. The predicted octanol–water partition coefficient (Wildman–Crippen LogP) is 2.61. The largest absolute Gasteiger partial charge is 0.306 e. The number of benzene rings is 1. The molecule has 1 aromatic carbocycles. The van der Waals surface area contributed by atoms with E-state index in [0.29, 0.717) is 0 Å². The second-order valence-electron chi connectivity index (χ2n) is 3.27. The maximum absolute atomic E-state index is 13.3. The van der Waals surface area contributed by atoms with Gasteiger partial charge in [0.1, 0.15) is 5.82 Å². The van der Waals surface area contributed by atoms with Crippen molar-refractivity contribution in [2.75, 3.05) is 5.32 Å². The Morgan fingerprint density at radius 2 is 1.94 bits per heavy atom. The summed E-state index contributed by atoms with van der Waals surface area (Å²) in [5.41, 5.74) is -0.351. The molecular formula is C12H8F2N2O. The highest BCUT2D eigenvalue weighted by Crippen LogP contribution is 2.13. The zero-order valence-electron chi connectivity index (χ0n) is 8.65. The summed E-state index contributed by atoms with van der Waals surface area (Å²) >= 11 is 0. The number of halogens is 2. The second kappa shape index (κ2) is 4.69. The summed E-state index contributed by atoms with van der Waals surface area (Å²) in [6.07, 6.45) is 1.48. The minimum absolute atomic E-state index is 0.279. The number of amides is 1. The molecule has 0 bridgehead atoms. The van der Waals surface area contributed by atoms with E-state index in [-0.39, 0.29) is 11.4 Å². The van der Waals surface area contributed by atoms with Gasteiger partial charge in [0.05, 0.1) is 5.56 Å². The Balaban J connectivity index is 2.24. The zero-order valence-corrected chi connectivity index (χ0v) is 8.65. The van der Waals surface area contributed by atoms with Crippen LogP contribution >= 0.6 is 0 Å². The van der Waals surface area contributed by atoms with Gasteiger partial charge in [-0.05, 0) is 24.3 Å². The average Bonchev–Trinajstić information content (AvgIpc) is 2.34. The number of carbonyl (C=O) groups is 1. The Morgan fingerprint density at radius 3 is 2.65 bits per heavy atom. The van der Waals surface area contributed by atoms with Crippen molar-refractivity contribution in [1.82, 2.24) is 4.98 Å². The molecule has 0 spiro atoms. The summed E-state index contributed by atoms with van der Waals surface area (Å²) in [7, 11) is 0. The second-order valence-corrected chi connectivity index (χ2v) is 3.27. The smallest absolute Gasteiger partial charge is 0.259 e. The minimum Gasteiger partial charge on any atom is -0.306 e. The van der Waals surface area contributed by atoms with E-state index < -0.39 is 17.5 Å². The van der Waals surface area contributed by atoms with Crippen molar-refractivity contribution in [2.45, 2.75) is 0 Å². The van der Waals surface area contributed by atoms with Gasteiger partial charge in [0, 0.05) is 6.20 Å². The van der Waals surface area contributed by atoms with Gasteiger partial charge < -0.3 is 5.32 Å². The molecule has 0 unspecified atom stereocenters. The number of anilines is 1. The van der Waals surface area contributed by atoms with E-state index in [1.165, 1.54) is 18.3 Å². The fraction of sp³-hybridized carbons (Fsp3) is 0. The molecule has 2 aromatic rings. The number of rotatable bonds is 2. The van der Waals surface area contributed by atoms with E-state index in [9.17, 15) is 13.6 Å². The van der Waals surface area contributed by atoms with E-state index >= 15 is 0 Å². The average molecular weight is 234 g/mol. The molecule has 5 heteroatoms. The van der Waals surface area contributed by atoms with Gasteiger partial charge in [-0.25, -0.2) is 13.8 Å². The molecule has 1 amide bonds. The summed E-state index contributed by atoms with van der Waals surface area (Å²) in [6.45, 7) is 0. The lowest BCUT2D eigenvalue weighted by atomic mass is 10.2. The Kier molecular flexibility index (Phi) is 3.09. The molecule has 3 nitrogen and oxygen atoms in total. The molecule has 1 N–H and O–H groups in total. The van der Waals surface area contributed by atoms with Crippen LogP contribution in [0.4, 0.5) is 14.6 Å². The number of nitrogens with one attached hydrogen (secondary N) is 1. The fourth-order valence-electron chi connectivity index (χ4n) is 1.30. The van der Waals surface area contributed by atoms with Gasteiger partial charge in [-0.2, -0.15) is 0 Å². The van der Waals surface area contributed by atoms with E-state index in [0.717, 1.165) is 6.07 Å². The third-order valence-corrected chi connectivity index (χ3v) is 2.10. The Bertz CT molecular complexity index is 543. The molecule has 0 aliphatic carbocycles. The highest BCUT2D eigenvalue weighted by molar-refractivity contribution is 6.03. The van der Waals surface area contributed by atoms with Crippen LogP contribution in [0.2, 0.25) is 0 Å². The number of hydrogen-bond acceptors (Lipinski definition) is 2. The van der Waals surface area contributed by atoms with Gasteiger partial charge in [-0.1, -0.05) is 12.1 Å². The maximum Gasteiger partial charge on any atom is 0.259 e.